The Morgan fingerprint density at radius 2 is 1.86 bits per heavy atom. The van der Waals surface area contributed by atoms with Crippen LogP contribution in [0.15, 0.2) is 42.6 Å². The zero-order valence-corrected chi connectivity index (χ0v) is 16.8. The van der Waals surface area contributed by atoms with Gasteiger partial charge in [0.1, 0.15) is 5.69 Å². The van der Waals surface area contributed by atoms with Crippen LogP contribution in [0.2, 0.25) is 0 Å². The van der Waals surface area contributed by atoms with E-state index >= 15 is 0 Å². The molecular formula is C19H25N3O5S. The summed E-state index contributed by atoms with van der Waals surface area (Å²) in [4.78, 5) is 24.8. The van der Waals surface area contributed by atoms with Gasteiger partial charge in [0.15, 0.2) is 0 Å². The molecule has 2 heterocycles. The Labute approximate surface area is 164 Å². The van der Waals surface area contributed by atoms with Crippen LogP contribution in [0.1, 0.15) is 42.7 Å². The minimum Gasteiger partial charge on any atom is -0.477 e. The van der Waals surface area contributed by atoms with Gasteiger partial charge in [-0.2, -0.15) is 8.42 Å². The lowest BCUT2D eigenvalue weighted by atomic mass is 9.88. The normalized spacial score (nSPS) is 16.9. The Balaban J connectivity index is 2.30. The number of piperidine rings is 1. The highest BCUT2D eigenvalue weighted by molar-refractivity contribution is 7.87. The van der Waals surface area contributed by atoms with Crippen LogP contribution in [0, 0.1) is 5.92 Å². The SMILES string of the molecule is C=C/C(=C\C=C(/C)c1ccn(S(N)(=O)=O)c1C(=O)O)C1CCN(C(C)=O)CC1. The molecule has 9 heteroatoms. The maximum Gasteiger partial charge on any atom is 0.354 e. The van der Waals surface area contributed by atoms with Crippen LogP contribution in [0.5, 0.6) is 0 Å². The van der Waals surface area contributed by atoms with Gasteiger partial charge in [-0.3, -0.25) is 4.79 Å². The standard InChI is InChI=1S/C19H25N3O5S/c1-4-15(16-7-10-21(11-8-16)14(3)23)6-5-13(2)17-9-12-22(28(20,26)27)18(17)19(24)25/h4-6,9,12,16H,1,7-8,10-11H2,2-3H3,(H,24,25)(H2,20,26,27)/b13-5+,15-6+. The number of carboxylic acids is 1. The van der Waals surface area contributed by atoms with Crippen molar-refractivity contribution in [3.05, 3.63) is 53.9 Å². The Hall–Kier alpha value is -2.65. The van der Waals surface area contributed by atoms with Gasteiger partial charge in [0.05, 0.1) is 0 Å². The summed E-state index contributed by atoms with van der Waals surface area (Å²) in [5.41, 5.74) is 1.44. The molecule has 1 fully saturated rings. The van der Waals surface area contributed by atoms with Gasteiger partial charge < -0.3 is 10.0 Å². The molecule has 1 aliphatic rings. The first-order valence-electron chi connectivity index (χ1n) is 8.81. The fourth-order valence-corrected chi connectivity index (χ4v) is 4.03. The summed E-state index contributed by atoms with van der Waals surface area (Å²) in [6.45, 7) is 8.49. The van der Waals surface area contributed by atoms with E-state index in [4.69, 9.17) is 5.14 Å². The molecule has 1 aromatic rings. The molecule has 28 heavy (non-hydrogen) atoms. The van der Waals surface area contributed by atoms with E-state index in [0.29, 0.717) is 22.6 Å². The van der Waals surface area contributed by atoms with E-state index in [-0.39, 0.29) is 17.4 Å². The molecule has 2 rings (SSSR count). The van der Waals surface area contributed by atoms with Crippen LogP contribution < -0.4 is 5.14 Å². The number of hydrogen-bond acceptors (Lipinski definition) is 4. The van der Waals surface area contributed by atoms with Crippen molar-refractivity contribution >= 4 is 27.7 Å². The fraction of sp³-hybridized carbons (Fsp3) is 0.368. The topological polar surface area (TPSA) is 123 Å². The summed E-state index contributed by atoms with van der Waals surface area (Å²) in [5, 5.41) is 14.5. The summed E-state index contributed by atoms with van der Waals surface area (Å²) in [5.74, 6) is -1.06. The van der Waals surface area contributed by atoms with Crippen molar-refractivity contribution < 1.29 is 23.1 Å². The van der Waals surface area contributed by atoms with Crippen molar-refractivity contribution in [1.29, 1.82) is 0 Å². The number of amides is 1. The van der Waals surface area contributed by atoms with Gasteiger partial charge in [0.25, 0.3) is 0 Å². The molecule has 1 aliphatic heterocycles. The number of hydrogen-bond donors (Lipinski definition) is 2. The second-order valence-electron chi connectivity index (χ2n) is 6.72. The van der Waals surface area contributed by atoms with Crippen LogP contribution >= 0.6 is 0 Å². The van der Waals surface area contributed by atoms with E-state index in [0.717, 1.165) is 24.6 Å². The van der Waals surface area contributed by atoms with Gasteiger partial charge in [-0.05, 0) is 42.9 Å². The number of nitrogens with zero attached hydrogens (tertiary/aromatic N) is 2. The molecule has 0 radical (unpaired) electrons. The highest BCUT2D eigenvalue weighted by Crippen LogP contribution is 2.27. The smallest absolute Gasteiger partial charge is 0.354 e. The van der Waals surface area contributed by atoms with Crippen molar-refractivity contribution in [2.24, 2.45) is 11.1 Å². The van der Waals surface area contributed by atoms with Gasteiger partial charge in [0, 0.05) is 31.8 Å². The van der Waals surface area contributed by atoms with Gasteiger partial charge in [0.2, 0.25) is 5.91 Å². The number of aromatic carboxylic acids is 1. The quantitative estimate of drug-likeness (QED) is 0.699. The zero-order valence-electron chi connectivity index (χ0n) is 16.0. The molecule has 152 valence electrons. The van der Waals surface area contributed by atoms with Crippen molar-refractivity contribution in [3.8, 4) is 0 Å². The van der Waals surface area contributed by atoms with Crippen LogP contribution in [-0.4, -0.2) is 47.4 Å². The first kappa shape index (κ1) is 21.6. The number of carbonyl (C=O) groups excluding carboxylic acids is 1. The fourth-order valence-electron chi connectivity index (χ4n) is 3.36. The number of allylic oxidation sites excluding steroid dienone is 5. The summed E-state index contributed by atoms with van der Waals surface area (Å²) in [7, 11) is -4.21. The highest BCUT2D eigenvalue weighted by atomic mass is 32.2. The molecule has 1 aromatic heterocycles. The molecular weight excluding hydrogens is 382 g/mol. The minimum absolute atomic E-state index is 0.0684. The molecule has 1 saturated heterocycles. The number of rotatable bonds is 6. The second kappa shape index (κ2) is 8.57. The molecule has 0 saturated carbocycles. The predicted molar refractivity (Wildman–Crippen MR) is 107 cm³/mol. The molecule has 0 atom stereocenters. The lowest BCUT2D eigenvalue weighted by Crippen LogP contribution is -2.37. The molecule has 1 amide bonds. The average molecular weight is 407 g/mol. The third-order valence-electron chi connectivity index (χ3n) is 4.93. The summed E-state index contributed by atoms with van der Waals surface area (Å²) >= 11 is 0. The first-order valence-corrected chi connectivity index (χ1v) is 10.3. The van der Waals surface area contributed by atoms with E-state index in [1.807, 2.05) is 11.0 Å². The summed E-state index contributed by atoms with van der Waals surface area (Å²) < 4.78 is 23.7. The van der Waals surface area contributed by atoms with Gasteiger partial charge >= 0.3 is 16.2 Å². The van der Waals surface area contributed by atoms with E-state index in [2.05, 4.69) is 6.58 Å². The lowest BCUT2D eigenvalue weighted by Gasteiger charge is -2.31. The number of likely N-dealkylation sites (tertiary alicyclic amines) is 1. The van der Waals surface area contributed by atoms with E-state index in [1.54, 1.807) is 26.0 Å². The van der Waals surface area contributed by atoms with Crippen LogP contribution in [0.4, 0.5) is 0 Å². The van der Waals surface area contributed by atoms with E-state index in [9.17, 15) is 23.1 Å². The average Bonchev–Trinajstić information content (AvgIpc) is 3.08. The Morgan fingerprint density at radius 3 is 2.32 bits per heavy atom. The number of carbonyl (C=O) groups is 2. The predicted octanol–water partition coefficient (Wildman–Crippen LogP) is 2.01. The van der Waals surface area contributed by atoms with E-state index in [1.165, 1.54) is 6.07 Å². The number of aromatic nitrogens is 1. The molecule has 0 bridgehead atoms. The van der Waals surface area contributed by atoms with Crippen LogP contribution in [0.3, 0.4) is 0 Å². The van der Waals surface area contributed by atoms with Crippen LogP contribution in [-0.2, 0) is 15.0 Å². The zero-order chi connectivity index (χ0) is 21.1. The molecule has 0 spiro atoms. The molecule has 0 aromatic carbocycles. The number of carboxylic acid groups (broad SMARTS) is 1. The van der Waals surface area contributed by atoms with Gasteiger partial charge in [-0.15, -0.1) is 0 Å². The summed E-state index contributed by atoms with van der Waals surface area (Å²) in [6.07, 6.45) is 8.13. The lowest BCUT2D eigenvalue weighted by molar-refractivity contribution is -0.130. The monoisotopic (exact) mass is 407 g/mol. The van der Waals surface area contributed by atoms with Gasteiger partial charge in [-0.25, -0.2) is 13.9 Å². The molecule has 0 aliphatic carbocycles. The van der Waals surface area contributed by atoms with Crippen molar-refractivity contribution in [2.45, 2.75) is 26.7 Å². The highest BCUT2D eigenvalue weighted by Gasteiger charge is 2.23. The third-order valence-corrected chi connectivity index (χ3v) is 5.78. The van der Waals surface area contributed by atoms with Crippen molar-refractivity contribution in [3.63, 3.8) is 0 Å². The molecule has 8 nitrogen and oxygen atoms in total. The Bertz CT molecular complexity index is 948. The Kier molecular flexibility index (Phi) is 6.63. The summed E-state index contributed by atoms with van der Waals surface area (Å²) in [6, 6.07) is 1.41. The van der Waals surface area contributed by atoms with Crippen molar-refractivity contribution in [2.75, 3.05) is 13.1 Å². The maximum atomic E-state index is 11.6. The maximum absolute atomic E-state index is 11.6. The molecule has 0 unspecified atom stereocenters. The van der Waals surface area contributed by atoms with E-state index < -0.39 is 21.9 Å². The van der Waals surface area contributed by atoms with Crippen LogP contribution in [0.25, 0.3) is 5.57 Å². The minimum atomic E-state index is -4.21. The number of nitrogens with two attached hydrogens (primary N) is 1. The first-order chi connectivity index (χ1) is 13.1. The second-order valence-corrected chi connectivity index (χ2v) is 8.15. The third kappa shape index (κ3) is 4.79. The van der Waals surface area contributed by atoms with Crippen molar-refractivity contribution in [1.82, 2.24) is 8.87 Å². The van der Waals surface area contributed by atoms with Gasteiger partial charge in [-0.1, -0.05) is 24.8 Å². The molecule has 3 N–H and O–H groups in total. The largest absolute Gasteiger partial charge is 0.477 e. The Morgan fingerprint density at radius 1 is 1.25 bits per heavy atom.